The van der Waals surface area contributed by atoms with Gasteiger partial charge in [-0.1, -0.05) is 18.2 Å². The Morgan fingerprint density at radius 3 is 2.42 bits per heavy atom. The van der Waals surface area contributed by atoms with Crippen LogP contribution in [0.15, 0.2) is 47.0 Å². The molecule has 1 aromatic heterocycles. The van der Waals surface area contributed by atoms with E-state index in [2.05, 4.69) is 41.9 Å². The van der Waals surface area contributed by atoms with Gasteiger partial charge in [-0.3, -0.25) is 4.79 Å². The van der Waals surface area contributed by atoms with Crippen LogP contribution in [-0.2, 0) is 11.2 Å². The van der Waals surface area contributed by atoms with Crippen LogP contribution in [0.25, 0.3) is 11.3 Å². The van der Waals surface area contributed by atoms with Gasteiger partial charge in [-0.25, -0.2) is 13.8 Å². The molecule has 4 rings (SSSR count). The molecule has 0 spiro atoms. The number of carbonyl (C=O) groups is 1. The maximum absolute atomic E-state index is 13.9. The summed E-state index contributed by atoms with van der Waals surface area (Å²) < 4.78 is 33.3. The quantitative estimate of drug-likeness (QED) is 0.603. The second kappa shape index (κ2) is 8.88. The molecule has 1 aliphatic rings. The van der Waals surface area contributed by atoms with E-state index in [1.54, 1.807) is 0 Å². The molecule has 31 heavy (non-hydrogen) atoms. The highest BCUT2D eigenvalue weighted by Crippen LogP contribution is 2.27. The van der Waals surface area contributed by atoms with E-state index in [4.69, 9.17) is 4.42 Å². The third-order valence-corrected chi connectivity index (χ3v) is 5.86. The van der Waals surface area contributed by atoms with Gasteiger partial charge in [-0.15, -0.1) is 0 Å². The number of hydrogen-bond donors (Lipinski definition) is 0. The number of halogens is 2. The smallest absolute Gasteiger partial charge is 0.223 e. The highest BCUT2D eigenvalue weighted by atomic mass is 19.1. The Hall–Kier alpha value is -3.22. The van der Waals surface area contributed by atoms with Crippen molar-refractivity contribution in [1.82, 2.24) is 9.88 Å². The fraction of sp³-hybridized carbons (Fsp3) is 0.333. The summed E-state index contributed by atoms with van der Waals surface area (Å²) in [6.45, 7) is 7.11. The summed E-state index contributed by atoms with van der Waals surface area (Å²) in [5.74, 6) is -1.07. The maximum atomic E-state index is 13.9. The van der Waals surface area contributed by atoms with Crippen molar-refractivity contribution in [2.45, 2.75) is 26.7 Å². The highest BCUT2D eigenvalue weighted by Gasteiger charge is 2.23. The number of hydrogen-bond acceptors (Lipinski definition) is 4. The molecular weight excluding hydrogens is 400 g/mol. The number of nitrogens with zero attached hydrogens (tertiary/aromatic N) is 3. The second-order valence-electron chi connectivity index (χ2n) is 7.80. The molecule has 0 atom stereocenters. The van der Waals surface area contributed by atoms with Crippen molar-refractivity contribution in [2.75, 3.05) is 31.1 Å². The Morgan fingerprint density at radius 1 is 1.03 bits per heavy atom. The van der Waals surface area contributed by atoms with Crippen molar-refractivity contribution in [2.24, 2.45) is 0 Å². The average molecular weight is 425 g/mol. The van der Waals surface area contributed by atoms with Crippen LogP contribution < -0.4 is 4.90 Å². The maximum Gasteiger partial charge on any atom is 0.223 e. The lowest BCUT2D eigenvalue weighted by molar-refractivity contribution is -0.131. The lowest BCUT2D eigenvalue weighted by Crippen LogP contribution is -2.49. The van der Waals surface area contributed by atoms with Crippen LogP contribution in [0.1, 0.15) is 23.4 Å². The van der Waals surface area contributed by atoms with Crippen molar-refractivity contribution < 1.29 is 18.0 Å². The summed E-state index contributed by atoms with van der Waals surface area (Å²) in [4.78, 5) is 20.9. The highest BCUT2D eigenvalue weighted by molar-refractivity contribution is 5.76. The molecule has 7 heteroatoms. The number of rotatable bonds is 5. The van der Waals surface area contributed by atoms with Crippen LogP contribution in [0.4, 0.5) is 14.5 Å². The molecule has 3 aromatic rings. The van der Waals surface area contributed by atoms with Crippen LogP contribution in [0.5, 0.6) is 0 Å². The number of benzene rings is 2. The first-order valence-corrected chi connectivity index (χ1v) is 10.4. The lowest BCUT2D eigenvalue weighted by Gasteiger charge is -2.37. The first-order chi connectivity index (χ1) is 14.9. The third-order valence-electron chi connectivity index (χ3n) is 5.86. The van der Waals surface area contributed by atoms with E-state index in [0.717, 1.165) is 13.1 Å². The zero-order valence-electron chi connectivity index (χ0n) is 17.7. The van der Waals surface area contributed by atoms with Gasteiger partial charge >= 0.3 is 0 Å². The minimum atomic E-state index is -0.708. The molecule has 1 amide bonds. The van der Waals surface area contributed by atoms with E-state index in [1.807, 2.05) is 4.90 Å². The molecule has 5 nitrogen and oxygen atoms in total. The van der Waals surface area contributed by atoms with Crippen molar-refractivity contribution >= 4 is 11.6 Å². The molecule has 0 N–H and O–H groups in total. The molecule has 2 aromatic carbocycles. The largest absolute Gasteiger partial charge is 0.441 e. The van der Waals surface area contributed by atoms with Crippen molar-refractivity contribution in [3.63, 3.8) is 0 Å². The molecular formula is C24H25F2N3O2. The molecule has 0 aliphatic carbocycles. The van der Waals surface area contributed by atoms with E-state index in [1.165, 1.54) is 41.2 Å². The van der Waals surface area contributed by atoms with Gasteiger partial charge in [0.2, 0.25) is 5.91 Å². The summed E-state index contributed by atoms with van der Waals surface area (Å²) in [7, 11) is 0. The van der Waals surface area contributed by atoms with E-state index in [9.17, 15) is 13.6 Å². The van der Waals surface area contributed by atoms with Crippen molar-refractivity contribution in [3.8, 4) is 11.3 Å². The summed E-state index contributed by atoms with van der Waals surface area (Å²) >= 11 is 0. The molecule has 1 saturated heterocycles. The Morgan fingerprint density at radius 2 is 1.71 bits per heavy atom. The second-order valence-corrected chi connectivity index (χ2v) is 7.80. The van der Waals surface area contributed by atoms with Gasteiger partial charge in [0.1, 0.15) is 11.6 Å². The minimum Gasteiger partial charge on any atom is -0.441 e. The molecule has 0 bridgehead atoms. The monoisotopic (exact) mass is 425 g/mol. The summed E-state index contributed by atoms with van der Waals surface area (Å²) in [6.07, 6.45) is 1.82. The van der Waals surface area contributed by atoms with E-state index >= 15 is 0 Å². The lowest BCUT2D eigenvalue weighted by atomic mass is 10.1. The Bertz CT molecular complexity index is 1070. The zero-order chi connectivity index (χ0) is 22.0. The predicted octanol–water partition coefficient (Wildman–Crippen LogP) is 4.52. The van der Waals surface area contributed by atoms with Gasteiger partial charge in [0.05, 0.1) is 11.8 Å². The first-order valence-electron chi connectivity index (χ1n) is 10.4. The van der Waals surface area contributed by atoms with E-state index in [0.29, 0.717) is 19.0 Å². The van der Waals surface area contributed by atoms with E-state index in [-0.39, 0.29) is 30.1 Å². The Balaban J connectivity index is 1.32. The molecule has 2 heterocycles. The van der Waals surface area contributed by atoms with Gasteiger partial charge in [0.25, 0.3) is 0 Å². The van der Waals surface area contributed by atoms with Gasteiger partial charge in [0.15, 0.2) is 11.7 Å². The number of carbonyl (C=O) groups excluding carboxylic acids is 1. The molecule has 0 saturated carbocycles. The van der Waals surface area contributed by atoms with Crippen molar-refractivity contribution in [3.05, 3.63) is 71.2 Å². The van der Waals surface area contributed by atoms with Crippen molar-refractivity contribution in [1.29, 1.82) is 0 Å². The number of oxazole rings is 1. The normalized spacial score (nSPS) is 14.2. The molecule has 0 radical (unpaired) electrons. The van der Waals surface area contributed by atoms with Crippen LogP contribution in [-0.4, -0.2) is 42.0 Å². The van der Waals surface area contributed by atoms with Gasteiger partial charge in [0, 0.05) is 44.7 Å². The molecule has 1 fully saturated rings. The standard InChI is InChI=1S/C24H25F2N3O2/c1-16-5-3-8-20(17(16)2)28-11-13-29(14-12-28)23(30)10-9-22-27-15-21(31-22)24-18(25)6-4-7-19(24)26/h3-8,15H,9-14H2,1-2H3. The van der Waals surface area contributed by atoms with Crippen LogP contribution >= 0.6 is 0 Å². The third kappa shape index (κ3) is 4.45. The van der Waals surface area contributed by atoms with Crippen LogP contribution in [0, 0.1) is 25.5 Å². The van der Waals surface area contributed by atoms with Gasteiger partial charge < -0.3 is 14.2 Å². The molecule has 1 aliphatic heterocycles. The van der Waals surface area contributed by atoms with Gasteiger partial charge in [-0.05, 0) is 43.2 Å². The first kappa shape index (κ1) is 21.0. The average Bonchev–Trinajstić information content (AvgIpc) is 3.22. The summed E-state index contributed by atoms with van der Waals surface area (Å²) in [5.41, 5.74) is 3.51. The van der Waals surface area contributed by atoms with Crippen LogP contribution in [0.3, 0.4) is 0 Å². The number of aromatic nitrogens is 1. The number of aryl methyl sites for hydroxylation is 2. The zero-order valence-corrected chi connectivity index (χ0v) is 17.7. The fourth-order valence-corrected chi connectivity index (χ4v) is 3.92. The number of piperazine rings is 1. The Labute approximate surface area is 180 Å². The Kier molecular flexibility index (Phi) is 6.02. The summed E-state index contributed by atoms with van der Waals surface area (Å²) in [5, 5.41) is 0. The molecule has 162 valence electrons. The topological polar surface area (TPSA) is 49.6 Å². The van der Waals surface area contributed by atoms with Gasteiger partial charge in [-0.2, -0.15) is 0 Å². The fourth-order valence-electron chi connectivity index (χ4n) is 3.92. The number of anilines is 1. The molecule has 0 unspecified atom stereocenters. The summed E-state index contributed by atoms with van der Waals surface area (Å²) in [6, 6.07) is 9.92. The number of amides is 1. The SMILES string of the molecule is Cc1cccc(N2CCN(C(=O)CCc3ncc(-c4c(F)cccc4F)o3)CC2)c1C. The predicted molar refractivity (Wildman–Crippen MR) is 115 cm³/mol. The van der Waals surface area contributed by atoms with Crippen LogP contribution in [0.2, 0.25) is 0 Å². The minimum absolute atomic E-state index is 0.0254. The van der Waals surface area contributed by atoms with E-state index < -0.39 is 11.6 Å².